The lowest BCUT2D eigenvalue weighted by atomic mass is 9.71. The molecule has 0 heteroatoms. The molecule has 578 valence electrons. The van der Waals surface area contributed by atoms with Crippen LogP contribution in [0.15, 0.2) is 0 Å². The van der Waals surface area contributed by atoms with Gasteiger partial charge in [0.25, 0.3) is 0 Å². The lowest BCUT2D eigenvalue weighted by molar-refractivity contribution is 0.176. The van der Waals surface area contributed by atoms with Crippen LogP contribution in [0, 0.1) is 130 Å². The van der Waals surface area contributed by atoms with Crippen molar-refractivity contribution in [2.45, 2.75) is 501 Å². The third-order valence-corrected chi connectivity index (χ3v) is 34.8. The summed E-state index contributed by atoms with van der Waals surface area (Å²) in [5.74, 6) is 25.2. The second-order valence-corrected chi connectivity index (χ2v) is 42.4. The van der Waals surface area contributed by atoms with Gasteiger partial charge >= 0.3 is 0 Å². The maximum absolute atomic E-state index is 1.58. The zero-order valence-corrected chi connectivity index (χ0v) is 67.9. The van der Waals surface area contributed by atoms with Crippen LogP contribution in [0.1, 0.15) is 501 Å². The zero-order chi connectivity index (χ0) is 67.9. The fourth-order valence-electron chi connectivity index (χ4n) is 28.2. The smallest absolute Gasteiger partial charge is 0.0409 e. The Labute approximate surface area is 627 Å². The lowest BCUT2D eigenvalue weighted by Gasteiger charge is -2.35. The molecule has 25 rings (SSSR count). The van der Waals surface area contributed by atoms with E-state index in [0.29, 0.717) is 0 Å². The van der Waals surface area contributed by atoms with Crippen molar-refractivity contribution in [2.24, 2.45) is 130 Å². The second kappa shape index (κ2) is 45.9. The molecular weight excluding hydrogens is 1200 g/mol. The SMILES string of the molecule is C1CC2CCC(C1)C2.C1CC2CCC1C2.C1CC2CCC1CC2.C1CC2CCCC(C1)C2.C1CC2CCCC(C1)CC2.C1CC2CCCC(C1)CCC2.C1CCC2CC(C1)C2.C1CCC2CCC(C1)C2.C1CCC2CCC(C1)C2.C1CCC2CCCC(C1)C2.C1CCC2CCCC(C1)CC2. The molecule has 10 atom stereocenters. The number of rotatable bonds is 0. The summed E-state index contributed by atoms with van der Waals surface area (Å²) in [6.07, 6.45) is 121. The minimum atomic E-state index is 1.12. The van der Waals surface area contributed by atoms with Crippen LogP contribution in [0.4, 0.5) is 0 Å². The first-order valence-corrected chi connectivity index (χ1v) is 49.4. The zero-order valence-electron chi connectivity index (χ0n) is 67.9. The summed E-state index contributed by atoms with van der Waals surface area (Å²) < 4.78 is 0. The van der Waals surface area contributed by atoms with E-state index in [4.69, 9.17) is 0 Å². The van der Waals surface area contributed by atoms with Gasteiger partial charge in [-0.15, -0.1) is 0 Å². The van der Waals surface area contributed by atoms with Crippen LogP contribution < -0.4 is 0 Å². The van der Waals surface area contributed by atoms with Gasteiger partial charge in [-0.1, -0.05) is 449 Å². The molecule has 0 aromatic heterocycles. The van der Waals surface area contributed by atoms with E-state index in [0.717, 1.165) is 107 Å². The van der Waals surface area contributed by atoms with Gasteiger partial charge < -0.3 is 0 Å². The van der Waals surface area contributed by atoms with Gasteiger partial charge in [-0.2, -0.15) is 0 Å². The van der Waals surface area contributed by atoms with Crippen molar-refractivity contribution in [1.82, 2.24) is 0 Å². The highest BCUT2D eigenvalue weighted by atomic mass is 14.4. The third kappa shape index (κ3) is 29.4. The molecule has 0 amide bonds. The number of hydrogen-bond donors (Lipinski definition) is 0. The monoisotopic (exact) mass is 1380 g/mol. The van der Waals surface area contributed by atoms with Crippen LogP contribution in [-0.4, -0.2) is 0 Å². The average Bonchev–Trinajstić information content (AvgIpc) is 1.12. The molecule has 0 heterocycles. The minimum Gasteiger partial charge on any atom is -0.0530 e. The van der Waals surface area contributed by atoms with Gasteiger partial charge in [0.15, 0.2) is 0 Å². The lowest BCUT2D eigenvalue weighted by Crippen LogP contribution is -2.21. The molecule has 22 bridgehead atoms. The van der Waals surface area contributed by atoms with Gasteiger partial charge in [-0.05, 0) is 182 Å². The standard InChI is InChI=1S/2C11H20.2C10H18.3C9H16.3C8H14.C7H12/c1-4-10-6-2-7-11(5-1)9-3-8-10;1-2-5-11-7-3-6-10(4-1)8-9-11;1-3-9-5-2-6-10(4-1)8-7-9;1-2-5-10-7-3-6-9(4-1)8-10;1-3-8-5-2-6-9(4-1)7-8;2*1-2-4-9-6-5-8(3-1)7-9;1-2-8-5-3-7(1)4-6-8;1-2-7-4-5-8(3-1)6-7;1-2-4-8-5-7(3-1)6-8;1-2-7-4-3-6(1)5-7/h2*10-11H,1-9H2;2*9-10H,1-8H2;3*8-9H,1-7H2;3*7-8H,1-6H2;6-7H,1-5H2. The van der Waals surface area contributed by atoms with Crippen molar-refractivity contribution >= 4 is 0 Å². The molecule has 0 aromatic carbocycles. The van der Waals surface area contributed by atoms with Crippen molar-refractivity contribution in [3.8, 4) is 0 Å². The maximum atomic E-state index is 1.58. The van der Waals surface area contributed by atoms with Crippen LogP contribution in [0.3, 0.4) is 0 Å². The van der Waals surface area contributed by atoms with Gasteiger partial charge in [0.2, 0.25) is 0 Å². The Hall–Kier alpha value is 0. The van der Waals surface area contributed by atoms with E-state index < -0.39 is 0 Å². The van der Waals surface area contributed by atoms with Crippen molar-refractivity contribution in [3.05, 3.63) is 0 Å². The van der Waals surface area contributed by atoms with Crippen molar-refractivity contribution in [3.63, 3.8) is 0 Å². The molecule has 0 aromatic rings. The van der Waals surface area contributed by atoms with E-state index >= 15 is 0 Å². The Morgan fingerprint density at radius 1 is 0.0600 bits per heavy atom. The molecular formula is C100H178. The highest BCUT2D eigenvalue weighted by Crippen LogP contribution is 2.48. The van der Waals surface area contributed by atoms with Gasteiger partial charge in [0.1, 0.15) is 0 Å². The summed E-state index contributed by atoms with van der Waals surface area (Å²) in [4.78, 5) is 0. The molecule has 0 spiro atoms. The van der Waals surface area contributed by atoms with Crippen LogP contribution >= 0.6 is 0 Å². The Bertz CT molecular complexity index is 1780. The minimum absolute atomic E-state index is 1.12. The Kier molecular flexibility index (Phi) is 36.5. The van der Waals surface area contributed by atoms with Crippen LogP contribution in [-0.2, 0) is 0 Å². The van der Waals surface area contributed by atoms with Crippen molar-refractivity contribution in [2.75, 3.05) is 0 Å². The molecule has 25 saturated carbocycles. The summed E-state index contributed by atoms with van der Waals surface area (Å²) in [5, 5.41) is 0. The molecule has 10 unspecified atom stereocenters. The topological polar surface area (TPSA) is 0 Å². The first kappa shape index (κ1) is 79.5. The van der Waals surface area contributed by atoms with E-state index in [1.54, 1.807) is 372 Å². The summed E-state index contributed by atoms with van der Waals surface area (Å²) in [6, 6.07) is 0. The van der Waals surface area contributed by atoms with E-state index in [9.17, 15) is 0 Å². The van der Waals surface area contributed by atoms with Crippen LogP contribution in [0.25, 0.3) is 0 Å². The van der Waals surface area contributed by atoms with Gasteiger partial charge in [0, 0.05) is 0 Å². The summed E-state index contributed by atoms with van der Waals surface area (Å²) >= 11 is 0. The molecule has 100 heavy (non-hydrogen) atoms. The quantitative estimate of drug-likeness (QED) is 0.227. The van der Waals surface area contributed by atoms with Crippen LogP contribution in [0.5, 0.6) is 0 Å². The molecule has 0 aliphatic heterocycles. The largest absolute Gasteiger partial charge is 0.0530 e. The molecule has 25 aliphatic rings. The molecule has 0 nitrogen and oxygen atoms in total. The van der Waals surface area contributed by atoms with E-state index in [2.05, 4.69) is 0 Å². The fraction of sp³-hybridized carbons (Fsp3) is 1.00. The molecule has 0 N–H and O–H groups in total. The first-order chi connectivity index (χ1) is 49.4. The fourth-order valence-corrected chi connectivity index (χ4v) is 28.2. The number of fused-ring (bicyclic) bond motifs is 30. The number of hydrogen-bond acceptors (Lipinski definition) is 0. The second-order valence-electron chi connectivity index (χ2n) is 42.4. The predicted molar refractivity (Wildman–Crippen MR) is 437 cm³/mol. The molecule has 0 saturated heterocycles. The van der Waals surface area contributed by atoms with Crippen molar-refractivity contribution < 1.29 is 0 Å². The Balaban J connectivity index is 0.000000104. The predicted octanol–water partition coefficient (Wildman–Crippen LogP) is 33.1. The summed E-state index contributed by atoms with van der Waals surface area (Å²) in [7, 11) is 0. The molecule has 25 fully saturated rings. The van der Waals surface area contributed by atoms with E-state index in [1.165, 1.54) is 152 Å². The van der Waals surface area contributed by atoms with Gasteiger partial charge in [0.05, 0.1) is 0 Å². The Morgan fingerprint density at radius 3 is 0.310 bits per heavy atom. The first-order valence-electron chi connectivity index (χ1n) is 49.4. The van der Waals surface area contributed by atoms with Crippen LogP contribution in [0.2, 0.25) is 0 Å². The third-order valence-electron chi connectivity index (χ3n) is 34.8. The molecule has 0 radical (unpaired) electrons. The van der Waals surface area contributed by atoms with Gasteiger partial charge in [-0.3, -0.25) is 0 Å². The average molecular weight is 1380 g/mol. The Morgan fingerprint density at radius 2 is 0.140 bits per heavy atom. The highest BCUT2D eigenvalue weighted by Gasteiger charge is 2.34. The van der Waals surface area contributed by atoms with E-state index in [1.807, 2.05) is 0 Å². The maximum Gasteiger partial charge on any atom is -0.0409 e. The summed E-state index contributed by atoms with van der Waals surface area (Å²) in [5.41, 5.74) is 0. The highest BCUT2D eigenvalue weighted by molar-refractivity contribution is 4.87. The normalized spacial score (nSPS) is 42.5. The van der Waals surface area contributed by atoms with E-state index in [-0.39, 0.29) is 0 Å². The molecule has 25 aliphatic carbocycles. The van der Waals surface area contributed by atoms with Crippen molar-refractivity contribution in [1.29, 1.82) is 0 Å². The van der Waals surface area contributed by atoms with Gasteiger partial charge in [-0.25, -0.2) is 0 Å². The summed E-state index contributed by atoms with van der Waals surface area (Å²) in [6.45, 7) is 0.